The average molecular weight is 279 g/mol. The second-order valence-electron chi connectivity index (χ2n) is 3.33. The third-order valence-corrected chi connectivity index (χ3v) is 2.27. The van der Waals surface area contributed by atoms with Crippen LogP contribution in [-0.2, 0) is 0 Å². The number of carbonyl (C=O) groups excluding carboxylic acids is 1. The van der Waals surface area contributed by atoms with Crippen LogP contribution in [0.1, 0.15) is 0 Å². The molecule has 7 heteroatoms. The second kappa shape index (κ2) is 6.66. The van der Waals surface area contributed by atoms with E-state index >= 15 is 0 Å². The Morgan fingerprint density at radius 2 is 1.88 bits per heavy atom. The van der Waals surface area contributed by atoms with Crippen molar-refractivity contribution in [3.63, 3.8) is 0 Å². The lowest BCUT2D eigenvalue weighted by Crippen LogP contribution is -2.36. The third kappa shape index (κ3) is 5.23. The second-order valence-corrected chi connectivity index (χ2v) is 4.20. The van der Waals surface area contributed by atoms with Gasteiger partial charge in [-0.25, -0.2) is 4.79 Å². The zero-order valence-corrected chi connectivity index (χ0v) is 10.3. The molecule has 0 aliphatic heterocycles. The van der Waals surface area contributed by atoms with Crippen LogP contribution in [0.5, 0.6) is 0 Å². The quantitative estimate of drug-likeness (QED) is 0.673. The van der Waals surface area contributed by atoms with E-state index in [9.17, 15) is 4.79 Å². The summed E-state index contributed by atoms with van der Waals surface area (Å²) in [6.07, 6.45) is -0.983. The van der Waals surface area contributed by atoms with E-state index in [-0.39, 0.29) is 6.54 Å². The Bertz CT molecular complexity index is 381. The maximum absolute atomic E-state index is 11.4. The molecule has 0 aliphatic carbocycles. The minimum Gasteiger partial charge on any atom is -0.394 e. The van der Waals surface area contributed by atoms with Gasteiger partial charge >= 0.3 is 6.03 Å². The first-order valence-corrected chi connectivity index (χ1v) is 5.56. The molecule has 1 atom stereocenters. The Balaban J connectivity index is 2.50. The predicted molar refractivity (Wildman–Crippen MR) is 66.6 cm³/mol. The van der Waals surface area contributed by atoms with Gasteiger partial charge in [-0.2, -0.15) is 0 Å². The summed E-state index contributed by atoms with van der Waals surface area (Å²) in [7, 11) is 0. The molecule has 0 radical (unpaired) electrons. The average Bonchev–Trinajstić information content (AvgIpc) is 2.24. The van der Waals surface area contributed by atoms with Crippen molar-refractivity contribution in [2.45, 2.75) is 6.10 Å². The summed E-state index contributed by atoms with van der Waals surface area (Å²) in [5, 5.41) is 23.3. The van der Waals surface area contributed by atoms with Gasteiger partial charge in [0.25, 0.3) is 0 Å². The molecule has 1 aromatic carbocycles. The van der Waals surface area contributed by atoms with E-state index in [2.05, 4.69) is 10.6 Å². The first kappa shape index (κ1) is 14.1. The number of hydrogen-bond donors (Lipinski definition) is 4. The lowest BCUT2D eigenvalue weighted by atomic mass is 10.3. The lowest BCUT2D eigenvalue weighted by Gasteiger charge is -2.10. The summed E-state index contributed by atoms with van der Waals surface area (Å²) in [4.78, 5) is 11.4. The highest BCUT2D eigenvalue weighted by Gasteiger charge is 2.06. The number of halogens is 2. The van der Waals surface area contributed by atoms with E-state index in [0.29, 0.717) is 15.7 Å². The van der Waals surface area contributed by atoms with Gasteiger partial charge in [0.15, 0.2) is 0 Å². The topological polar surface area (TPSA) is 81.6 Å². The number of amides is 2. The predicted octanol–water partition coefficient (Wildman–Crippen LogP) is 1.47. The number of aliphatic hydroxyl groups is 2. The van der Waals surface area contributed by atoms with E-state index in [4.69, 9.17) is 33.4 Å². The summed E-state index contributed by atoms with van der Waals surface area (Å²) in [5.41, 5.74) is 0.443. The van der Waals surface area contributed by atoms with Crippen LogP contribution in [0.4, 0.5) is 10.5 Å². The standard InChI is InChI=1S/C10H12Cl2N2O3/c11-6-1-7(12)3-8(2-6)14-10(17)13-4-9(16)5-15/h1-3,9,15-16H,4-5H2,(H2,13,14,17). The van der Waals surface area contributed by atoms with E-state index < -0.39 is 18.7 Å². The van der Waals surface area contributed by atoms with Crippen LogP contribution in [-0.4, -0.2) is 35.5 Å². The molecule has 0 spiro atoms. The minimum absolute atomic E-state index is 0.0450. The number of nitrogens with one attached hydrogen (secondary N) is 2. The molecule has 2 amide bonds. The highest BCUT2D eigenvalue weighted by atomic mass is 35.5. The van der Waals surface area contributed by atoms with Crippen LogP contribution < -0.4 is 10.6 Å². The van der Waals surface area contributed by atoms with E-state index in [1.54, 1.807) is 6.07 Å². The van der Waals surface area contributed by atoms with Crippen molar-refractivity contribution in [2.75, 3.05) is 18.5 Å². The Labute approximate surface area is 108 Å². The van der Waals surface area contributed by atoms with Crippen molar-refractivity contribution in [2.24, 2.45) is 0 Å². The molecule has 0 saturated carbocycles. The molecule has 5 nitrogen and oxygen atoms in total. The zero-order chi connectivity index (χ0) is 12.8. The molecule has 0 aromatic heterocycles. The number of anilines is 1. The number of hydrogen-bond acceptors (Lipinski definition) is 3. The molecule has 1 aromatic rings. The molecule has 1 rings (SSSR count). The molecular weight excluding hydrogens is 267 g/mol. The molecule has 94 valence electrons. The van der Waals surface area contributed by atoms with E-state index in [0.717, 1.165) is 0 Å². The van der Waals surface area contributed by atoms with Crippen molar-refractivity contribution >= 4 is 34.9 Å². The van der Waals surface area contributed by atoms with Crippen molar-refractivity contribution in [1.29, 1.82) is 0 Å². The van der Waals surface area contributed by atoms with Crippen molar-refractivity contribution in [1.82, 2.24) is 5.32 Å². The molecule has 0 saturated heterocycles. The fraction of sp³-hybridized carbons (Fsp3) is 0.300. The van der Waals surface area contributed by atoms with Crippen molar-refractivity contribution < 1.29 is 15.0 Å². The lowest BCUT2D eigenvalue weighted by molar-refractivity contribution is 0.0965. The van der Waals surface area contributed by atoms with Gasteiger partial charge in [0, 0.05) is 22.3 Å². The summed E-state index contributed by atoms with van der Waals surface area (Å²) >= 11 is 11.5. The normalized spacial score (nSPS) is 12.0. The molecule has 1 unspecified atom stereocenters. The maximum atomic E-state index is 11.4. The first-order valence-electron chi connectivity index (χ1n) is 4.81. The maximum Gasteiger partial charge on any atom is 0.319 e. The third-order valence-electron chi connectivity index (χ3n) is 1.83. The van der Waals surface area contributed by atoms with Crippen LogP contribution in [0, 0.1) is 0 Å². The van der Waals surface area contributed by atoms with Gasteiger partial charge in [0.1, 0.15) is 0 Å². The smallest absolute Gasteiger partial charge is 0.319 e. The van der Waals surface area contributed by atoms with Crippen molar-refractivity contribution in [3.05, 3.63) is 28.2 Å². The summed E-state index contributed by atoms with van der Waals surface area (Å²) in [5.74, 6) is 0. The summed E-state index contributed by atoms with van der Waals surface area (Å²) in [6, 6.07) is 4.10. The largest absolute Gasteiger partial charge is 0.394 e. The van der Waals surface area contributed by atoms with Gasteiger partial charge in [0.05, 0.1) is 12.7 Å². The van der Waals surface area contributed by atoms with Crippen molar-refractivity contribution in [3.8, 4) is 0 Å². The van der Waals surface area contributed by atoms with E-state index in [1.165, 1.54) is 12.1 Å². The molecule has 0 aliphatic rings. The van der Waals surface area contributed by atoms with Gasteiger partial charge in [-0.15, -0.1) is 0 Å². The Morgan fingerprint density at radius 1 is 1.29 bits per heavy atom. The SMILES string of the molecule is O=C(NCC(O)CO)Nc1cc(Cl)cc(Cl)c1. The van der Waals surface area contributed by atoms with Gasteiger partial charge in [0.2, 0.25) is 0 Å². The van der Waals surface area contributed by atoms with Crippen LogP contribution in [0.25, 0.3) is 0 Å². The number of carbonyl (C=O) groups is 1. The highest BCUT2D eigenvalue weighted by molar-refractivity contribution is 6.35. The van der Waals surface area contributed by atoms with Gasteiger partial charge in [-0.1, -0.05) is 23.2 Å². The fourth-order valence-corrected chi connectivity index (χ4v) is 1.60. The molecule has 17 heavy (non-hydrogen) atoms. The van der Waals surface area contributed by atoms with E-state index in [1.807, 2.05) is 0 Å². The van der Waals surface area contributed by atoms with Crippen LogP contribution in [0.3, 0.4) is 0 Å². The zero-order valence-electron chi connectivity index (χ0n) is 8.78. The van der Waals surface area contributed by atoms with Crippen LogP contribution in [0.2, 0.25) is 10.0 Å². The number of rotatable bonds is 4. The van der Waals surface area contributed by atoms with Gasteiger partial charge < -0.3 is 20.8 Å². The number of urea groups is 1. The molecule has 0 bridgehead atoms. The minimum atomic E-state index is -0.983. The number of benzene rings is 1. The molecule has 4 N–H and O–H groups in total. The van der Waals surface area contributed by atoms with Crippen LogP contribution in [0.15, 0.2) is 18.2 Å². The first-order chi connectivity index (χ1) is 8.01. The fourth-order valence-electron chi connectivity index (χ4n) is 1.08. The van der Waals surface area contributed by atoms with Gasteiger partial charge in [-0.3, -0.25) is 0 Å². The summed E-state index contributed by atoms with van der Waals surface area (Å²) < 4.78 is 0. The number of aliphatic hydroxyl groups excluding tert-OH is 2. The Kier molecular flexibility index (Phi) is 5.50. The Hall–Kier alpha value is -1.01. The van der Waals surface area contributed by atoms with Gasteiger partial charge in [-0.05, 0) is 18.2 Å². The molecular formula is C10H12Cl2N2O3. The Morgan fingerprint density at radius 3 is 2.41 bits per heavy atom. The monoisotopic (exact) mass is 278 g/mol. The molecule has 0 fully saturated rings. The summed E-state index contributed by atoms with van der Waals surface area (Å²) in [6.45, 7) is -0.458. The van der Waals surface area contributed by atoms with Crippen LogP contribution >= 0.6 is 23.2 Å². The molecule has 0 heterocycles. The highest BCUT2D eigenvalue weighted by Crippen LogP contribution is 2.22.